The molecular weight excluding hydrogens is 196 g/mol. The molecule has 1 N–H and O–H groups in total. The van der Waals surface area contributed by atoms with E-state index in [-0.39, 0.29) is 0 Å². The summed E-state index contributed by atoms with van der Waals surface area (Å²) >= 11 is 0. The maximum Gasteiger partial charge on any atom is 0.413 e. The van der Waals surface area contributed by atoms with Crippen LogP contribution in [0.5, 0.6) is 0 Å². The van der Waals surface area contributed by atoms with Crippen LogP contribution in [-0.2, 0) is 11.3 Å². The predicted octanol–water partition coefficient (Wildman–Crippen LogP) is 1.64. The molecule has 15 heavy (non-hydrogen) atoms. The summed E-state index contributed by atoms with van der Waals surface area (Å²) in [6, 6.07) is 0. The molecule has 1 aromatic heterocycles. The van der Waals surface area contributed by atoms with Gasteiger partial charge in [0.1, 0.15) is 5.60 Å². The van der Waals surface area contributed by atoms with Gasteiger partial charge in [-0.25, -0.2) is 4.79 Å². The smallest absolute Gasteiger partial charge is 0.413 e. The number of ether oxygens (including phenoxy) is 1. The Morgan fingerprint density at radius 1 is 1.60 bits per heavy atom. The number of carbonyl (C=O) groups is 1. The van der Waals surface area contributed by atoms with Crippen molar-refractivity contribution in [3.63, 3.8) is 0 Å². The van der Waals surface area contributed by atoms with Crippen molar-refractivity contribution in [3.8, 4) is 0 Å². The largest absolute Gasteiger partial charge is 0.444 e. The average Bonchev–Trinajstić information content (AvgIpc) is 2.48. The van der Waals surface area contributed by atoms with E-state index < -0.39 is 11.7 Å². The molecule has 1 aromatic rings. The number of anilines is 1. The summed E-state index contributed by atoms with van der Waals surface area (Å²) in [6.45, 7) is 8.05. The Balaban J connectivity index is 2.51. The minimum atomic E-state index is -0.523. The molecule has 0 radical (unpaired) electrons. The molecule has 0 bridgehead atoms. The number of hydrogen-bond donors (Lipinski definition) is 1. The minimum Gasteiger partial charge on any atom is -0.444 e. The zero-order valence-corrected chi connectivity index (χ0v) is 9.44. The van der Waals surface area contributed by atoms with E-state index in [0.29, 0.717) is 12.4 Å². The van der Waals surface area contributed by atoms with Gasteiger partial charge < -0.3 is 4.74 Å². The van der Waals surface area contributed by atoms with E-state index in [1.54, 1.807) is 31.6 Å². The Morgan fingerprint density at radius 3 is 2.73 bits per heavy atom. The fraction of sp³-hybridized carbons (Fsp3) is 0.667. The molecule has 1 amide bonds. The van der Waals surface area contributed by atoms with Crippen LogP contribution >= 0.6 is 0 Å². The van der Waals surface area contributed by atoms with Crippen molar-refractivity contribution in [1.82, 2.24) is 15.0 Å². The number of nitrogens with zero attached hydrogens (tertiary/aromatic N) is 3. The molecule has 0 fully saturated rings. The highest BCUT2D eigenvalue weighted by Crippen LogP contribution is 2.09. The van der Waals surface area contributed by atoms with Crippen molar-refractivity contribution in [2.45, 2.75) is 39.8 Å². The van der Waals surface area contributed by atoms with E-state index in [4.69, 9.17) is 4.74 Å². The van der Waals surface area contributed by atoms with E-state index in [1.807, 2.05) is 6.92 Å². The van der Waals surface area contributed by atoms with Gasteiger partial charge in [0.15, 0.2) is 5.82 Å². The van der Waals surface area contributed by atoms with E-state index in [1.165, 1.54) is 0 Å². The Morgan fingerprint density at radius 2 is 2.27 bits per heavy atom. The lowest BCUT2D eigenvalue weighted by atomic mass is 10.2. The molecule has 1 rings (SSSR count). The molecule has 6 nitrogen and oxygen atoms in total. The first-order valence-electron chi connectivity index (χ1n) is 4.81. The first-order chi connectivity index (χ1) is 6.90. The normalized spacial score (nSPS) is 11.2. The number of amides is 1. The van der Waals surface area contributed by atoms with Gasteiger partial charge in [0.05, 0.1) is 6.20 Å². The van der Waals surface area contributed by atoms with Crippen LogP contribution in [0.1, 0.15) is 27.7 Å². The molecule has 0 atom stereocenters. The summed E-state index contributed by atoms with van der Waals surface area (Å²) in [5.41, 5.74) is -0.509. The van der Waals surface area contributed by atoms with Crippen molar-refractivity contribution < 1.29 is 9.53 Å². The van der Waals surface area contributed by atoms with Gasteiger partial charge in [-0.1, -0.05) is 5.21 Å². The molecule has 0 spiro atoms. The van der Waals surface area contributed by atoms with Crippen LogP contribution in [-0.4, -0.2) is 26.7 Å². The summed E-state index contributed by atoms with van der Waals surface area (Å²) in [5.74, 6) is 0.395. The SMILES string of the molecule is CCn1cc(NC(=O)OC(C)(C)C)nn1. The van der Waals surface area contributed by atoms with Crippen LogP contribution in [0.15, 0.2) is 6.20 Å². The monoisotopic (exact) mass is 212 g/mol. The number of carbonyl (C=O) groups excluding carboxylic acids is 1. The van der Waals surface area contributed by atoms with Crippen LogP contribution < -0.4 is 5.32 Å². The average molecular weight is 212 g/mol. The lowest BCUT2D eigenvalue weighted by molar-refractivity contribution is 0.0635. The number of hydrogen-bond acceptors (Lipinski definition) is 4. The van der Waals surface area contributed by atoms with Crippen molar-refractivity contribution in [1.29, 1.82) is 0 Å². The van der Waals surface area contributed by atoms with Gasteiger partial charge in [-0.05, 0) is 27.7 Å². The van der Waals surface area contributed by atoms with Crippen LogP contribution in [0.4, 0.5) is 10.6 Å². The second-order valence-corrected chi connectivity index (χ2v) is 4.09. The summed E-state index contributed by atoms with van der Waals surface area (Å²) in [5, 5.41) is 10.0. The van der Waals surface area contributed by atoms with Crippen molar-refractivity contribution in [3.05, 3.63) is 6.20 Å². The maximum absolute atomic E-state index is 11.3. The fourth-order valence-electron chi connectivity index (χ4n) is 0.918. The summed E-state index contributed by atoms with van der Waals surface area (Å²) < 4.78 is 6.68. The Bertz CT molecular complexity index is 340. The van der Waals surface area contributed by atoms with Crippen LogP contribution in [0.3, 0.4) is 0 Å². The Hall–Kier alpha value is -1.59. The molecule has 0 saturated heterocycles. The van der Waals surface area contributed by atoms with E-state index in [0.717, 1.165) is 0 Å². The molecule has 0 unspecified atom stereocenters. The van der Waals surface area contributed by atoms with Crippen LogP contribution in [0.25, 0.3) is 0 Å². The molecule has 1 heterocycles. The van der Waals surface area contributed by atoms with Crippen LogP contribution in [0, 0.1) is 0 Å². The van der Waals surface area contributed by atoms with E-state index in [9.17, 15) is 4.79 Å². The first kappa shape index (κ1) is 11.5. The van der Waals surface area contributed by atoms with Crippen molar-refractivity contribution >= 4 is 11.9 Å². The summed E-state index contributed by atoms with van der Waals surface area (Å²) in [6.07, 6.45) is 1.12. The number of aromatic nitrogens is 3. The molecule has 0 saturated carbocycles. The van der Waals surface area contributed by atoms with E-state index in [2.05, 4.69) is 15.6 Å². The molecule has 0 aliphatic carbocycles. The van der Waals surface area contributed by atoms with Gasteiger partial charge in [-0.15, -0.1) is 5.10 Å². The van der Waals surface area contributed by atoms with Gasteiger partial charge in [0, 0.05) is 6.54 Å². The Kier molecular flexibility index (Phi) is 3.28. The van der Waals surface area contributed by atoms with E-state index >= 15 is 0 Å². The zero-order valence-electron chi connectivity index (χ0n) is 9.44. The van der Waals surface area contributed by atoms with Gasteiger partial charge in [-0.2, -0.15) is 0 Å². The lowest BCUT2D eigenvalue weighted by Gasteiger charge is -2.18. The number of aryl methyl sites for hydroxylation is 1. The topological polar surface area (TPSA) is 69.0 Å². The van der Waals surface area contributed by atoms with Crippen molar-refractivity contribution in [2.75, 3.05) is 5.32 Å². The molecule has 84 valence electrons. The summed E-state index contributed by atoms with van der Waals surface area (Å²) in [7, 11) is 0. The quantitative estimate of drug-likeness (QED) is 0.809. The van der Waals surface area contributed by atoms with Gasteiger partial charge in [0.25, 0.3) is 0 Å². The van der Waals surface area contributed by atoms with Gasteiger partial charge in [0.2, 0.25) is 0 Å². The second kappa shape index (κ2) is 4.29. The fourth-order valence-corrected chi connectivity index (χ4v) is 0.918. The molecule has 0 aliphatic heterocycles. The highest BCUT2D eigenvalue weighted by atomic mass is 16.6. The Labute approximate surface area is 88.6 Å². The predicted molar refractivity (Wildman–Crippen MR) is 55.6 cm³/mol. The third kappa shape index (κ3) is 3.97. The number of rotatable bonds is 2. The van der Waals surface area contributed by atoms with Crippen molar-refractivity contribution in [2.24, 2.45) is 0 Å². The lowest BCUT2D eigenvalue weighted by Crippen LogP contribution is -2.27. The zero-order chi connectivity index (χ0) is 11.5. The van der Waals surface area contributed by atoms with Gasteiger partial charge >= 0.3 is 6.09 Å². The standard InChI is InChI=1S/C9H16N4O2/c1-5-13-6-7(11-12-13)10-8(14)15-9(2,3)4/h6H,5H2,1-4H3,(H,10,14). The molecule has 0 aromatic carbocycles. The second-order valence-electron chi connectivity index (χ2n) is 4.09. The minimum absolute atomic E-state index is 0.395. The summed E-state index contributed by atoms with van der Waals surface area (Å²) in [4.78, 5) is 11.3. The third-order valence-electron chi connectivity index (χ3n) is 1.49. The highest BCUT2D eigenvalue weighted by Gasteiger charge is 2.16. The van der Waals surface area contributed by atoms with Crippen LogP contribution in [0.2, 0.25) is 0 Å². The third-order valence-corrected chi connectivity index (χ3v) is 1.49. The molecular formula is C9H16N4O2. The molecule has 0 aliphatic rings. The highest BCUT2D eigenvalue weighted by molar-refractivity contribution is 5.83. The maximum atomic E-state index is 11.3. The first-order valence-corrected chi connectivity index (χ1v) is 4.81. The molecule has 6 heteroatoms. The number of nitrogens with one attached hydrogen (secondary N) is 1. The van der Waals surface area contributed by atoms with Gasteiger partial charge in [-0.3, -0.25) is 10.00 Å².